The van der Waals surface area contributed by atoms with Crippen LogP contribution in [0.1, 0.15) is 11.1 Å². The average molecular weight is 297 g/mol. The van der Waals surface area contributed by atoms with E-state index in [0.717, 1.165) is 11.1 Å². The number of ether oxygens (including phenoxy) is 1. The quantitative estimate of drug-likeness (QED) is 0.942. The molecule has 0 spiro atoms. The molecule has 1 atom stereocenters. The monoisotopic (exact) mass is 297 g/mol. The molecule has 1 heterocycles. The first-order chi connectivity index (χ1) is 10.7. The molecule has 22 heavy (non-hydrogen) atoms. The summed E-state index contributed by atoms with van der Waals surface area (Å²) in [4.78, 5) is 14.4. The third-order valence-electron chi connectivity index (χ3n) is 3.82. The summed E-state index contributed by atoms with van der Waals surface area (Å²) in [6, 6.07) is 16.9. The zero-order chi connectivity index (χ0) is 15.4. The first kappa shape index (κ1) is 14.6. The second-order valence-corrected chi connectivity index (χ2v) is 5.48. The Morgan fingerprint density at radius 1 is 1.09 bits per heavy atom. The Bertz CT molecular complexity index is 642. The van der Waals surface area contributed by atoms with E-state index in [4.69, 9.17) is 4.74 Å². The van der Waals surface area contributed by atoms with E-state index in [0.29, 0.717) is 26.1 Å². The van der Waals surface area contributed by atoms with E-state index in [9.17, 15) is 9.90 Å². The van der Waals surface area contributed by atoms with Crippen molar-refractivity contribution in [1.82, 2.24) is 4.90 Å². The van der Waals surface area contributed by atoms with Gasteiger partial charge in [-0.05, 0) is 23.3 Å². The number of nitrogens with zero attached hydrogens (tertiary/aromatic N) is 1. The van der Waals surface area contributed by atoms with E-state index >= 15 is 0 Å². The highest BCUT2D eigenvalue weighted by atomic mass is 16.5. The molecule has 1 amide bonds. The van der Waals surface area contributed by atoms with Gasteiger partial charge in [0.05, 0.1) is 6.61 Å². The van der Waals surface area contributed by atoms with Crippen LogP contribution < -0.4 is 0 Å². The second kappa shape index (κ2) is 6.62. The molecule has 1 aliphatic rings. The number of phenolic OH excluding ortho intramolecular Hbond substituents is 1. The minimum atomic E-state index is -0.473. The van der Waals surface area contributed by atoms with Crippen LogP contribution in [0.2, 0.25) is 0 Å². The Labute approximate surface area is 130 Å². The Morgan fingerprint density at radius 2 is 1.86 bits per heavy atom. The van der Waals surface area contributed by atoms with Crippen LogP contribution in [-0.4, -0.2) is 35.2 Å². The van der Waals surface area contributed by atoms with Crippen LogP contribution in [0.15, 0.2) is 54.6 Å². The zero-order valence-electron chi connectivity index (χ0n) is 12.3. The van der Waals surface area contributed by atoms with Crippen molar-refractivity contribution in [2.24, 2.45) is 0 Å². The molecule has 0 saturated carbocycles. The fraction of sp³-hybridized carbons (Fsp3) is 0.278. The molecule has 0 aromatic heterocycles. The molecule has 4 nitrogen and oxygen atoms in total. The molecule has 0 radical (unpaired) electrons. The summed E-state index contributed by atoms with van der Waals surface area (Å²) < 4.78 is 5.63. The third-order valence-corrected chi connectivity index (χ3v) is 3.82. The van der Waals surface area contributed by atoms with Gasteiger partial charge in [-0.25, -0.2) is 0 Å². The minimum Gasteiger partial charge on any atom is -0.508 e. The van der Waals surface area contributed by atoms with Crippen molar-refractivity contribution in [3.8, 4) is 5.75 Å². The van der Waals surface area contributed by atoms with Crippen molar-refractivity contribution >= 4 is 5.91 Å². The Hall–Kier alpha value is -2.33. The highest BCUT2D eigenvalue weighted by molar-refractivity contribution is 5.81. The zero-order valence-corrected chi connectivity index (χ0v) is 12.3. The van der Waals surface area contributed by atoms with Crippen molar-refractivity contribution in [3.05, 3.63) is 65.7 Å². The van der Waals surface area contributed by atoms with Gasteiger partial charge in [0, 0.05) is 19.5 Å². The highest BCUT2D eigenvalue weighted by Gasteiger charge is 2.29. The molecule has 1 saturated heterocycles. The van der Waals surface area contributed by atoms with Gasteiger partial charge in [0.1, 0.15) is 11.9 Å². The summed E-state index contributed by atoms with van der Waals surface area (Å²) >= 11 is 0. The number of rotatable bonds is 4. The Morgan fingerprint density at radius 3 is 2.64 bits per heavy atom. The molecule has 1 N–H and O–H groups in total. The van der Waals surface area contributed by atoms with E-state index in [1.165, 1.54) is 0 Å². The van der Waals surface area contributed by atoms with Crippen molar-refractivity contribution in [1.29, 1.82) is 0 Å². The maximum absolute atomic E-state index is 12.6. The third kappa shape index (κ3) is 3.46. The Balaban J connectivity index is 1.67. The smallest absolute Gasteiger partial charge is 0.252 e. The number of benzene rings is 2. The summed E-state index contributed by atoms with van der Waals surface area (Å²) in [5.74, 6) is 0.223. The topological polar surface area (TPSA) is 49.8 Å². The lowest BCUT2D eigenvalue weighted by atomic mass is 10.1. The summed E-state index contributed by atoms with van der Waals surface area (Å²) in [5.41, 5.74) is 2.02. The molecule has 1 fully saturated rings. The predicted octanol–water partition coefficient (Wildman–Crippen LogP) is 2.36. The number of hydrogen-bond donors (Lipinski definition) is 1. The molecule has 3 rings (SSSR count). The molecule has 0 aliphatic carbocycles. The maximum Gasteiger partial charge on any atom is 0.252 e. The van der Waals surface area contributed by atoms with Crippen LogP contribution in [0, 0.1) is 0 Å². The number of carbonyl (C=O) groups excluding carboxylic acids is 1. The molecular weight excluding hydrogens is 278 g/mol. The van der Waals surface area contributed by atoms with Crippen molar-refractivity contribution in [3.63, 3.8) is 0 Å². The first-order valence-electron chi connectivity index (χ1n) is 7.44. The van der Waals surface area contributed by atoms with Crippen molar-refractivity contribution in [2.75, 3.05) is 13.2 Å². The maximum atomic E-state index is 12.6. The fourth-order valence-corrected chi connectivity index (χ4v) is 2.69. The van der Waals surface area contributed by atoms with Crippen molar-refractivity contribution < 1.29 is 14.6 Å². The van der Waals surface area contributed by atoms with Crippen LogP contribution >= 0.6 is 0 Å². The lowest BCUT2D eigenvalue weighted by Gasteiger charge is -2.32. The van der Waals surface area contributed by atoms with Crippen LogP contribution in [0.5, 0.6) is 5.75 Å². The molecular formula is C18H19NO3. The van der Waals surface area contributed by atoms with Gasteiger partial charge in [0.25, 0.3) is 5.91 Å². The number of amides is 1. The number of aromatic hydroxyl groups is 1. The number of morpholine rings is 1. The van der Waals surface area contributed by atoms with Gasteiger partial charge >= 0.3 is 0 Å². The number of hydrogen-bond acceptors (Lipinski definition) is 3. The van der Waals surface area contributed by atoms with E-state index in [-0.39, 0.29) is 11.7 Å². The highest BCUT2D eigenvalue weighted by Crippen LogP contribution is 2.18. The Kier molecular flexibility index (Phi) is 4.39. The fourth-order valence-electron chi connectivity index (χ4n) is 2.69. The predicted molar refractivity (Wildman–Crippen MR) is 83.4 cm³/mol. The van der Waals surface area contributed by atoms with Crippen molar-refractivity contribution in [2.45, 2.75) is 19.1 Å². The second-order valence-electron chi connectivity index (χ2n) is 5.48. The van der Waals surface area contributed by atoms with E-state index in [1.54, 1.807) is 18.2 Å². The van der Waals surface area contributed by atoms with Gasteiger partial charge < -0.3 is 14.7 Å². The summed E-state index contributed by atoms with van der Waals surface area (Å²) in [5, 5.41) is 9.52. The molecule has 1 aliphatic heterocycles. The largest absolute Gasteiger partial charge is 0.508 e. The van der Waals surface area contributed by atoms with Gasteiger partial charge in [-0.1, -0.05) is 42.5 Å². The van der Waals surface area contributed by atoms with Crippen LogP contribution in [0.4, 0.5) is 0 Å². The van der Waals surface area contributed by atoms with E-state index in [1.807, 2.05) is 41.3 Å². The summed E-state index contributed by atoms with van der Waals surface area (Å²) in [6.07, 6.45) is 0.0117. The van der Waals surface area contributed by atoms with E-state index < -0.39 is 6.10 Å². The number of phenols is 1. The van der Waals surface area contributed by atoms with Gasteiger partial charge in [0.2, 0.25) is 0 Å². The standard InChI is InChI=1S/C18H19NO3/c20-16-8-4-7-15(11-16)12-17-18(21)19(9-10-22-17)13-14-5-2-1-3-6-14/h1-8,11,17,20H,9-10,12-13H2/t17-/m0/s1. The molecule has 2 aromatic carbocycles. The summed E-state index contributed by atoms with van der Waals surface area (Å²) in [7, 11) is 0. The molecule has 114 valence electrons. The van der Waals surface area contributed by atoms with Gasteiger partial charge in [0.15, 0.2) is 0 Å². The average Bonchev–Trinajstić information content (AvgIpc) is 2.52. The normalized spacial score (nSPS) is 18.5. The lowest BCUT2D eigenvalue weighted by molar-refractivity contribution is -0.153. The molecule has 0 bridgehead atoms. The van der Waals surface area contributed by atoms with Gasteiger partial charge in [-0.3, -0.25) is 4.79 Å². The first-order valence-corrected chi connectivity index (χ1v) is 7.44. The number of carbonyl (C=O) groups is 1. The summed E-state index contributed by atoms with van der Waals surface area (Å²) in [6.45, 7) is 1.77. The molecule has 4 heteroatoms. The lowest BCUT2D eigenvalue weighted by Crippen LogP contribution is -2.48. The molecule has 0 unspecified atom stereocenters. The SMILES string of the molecule is O=C1[C@H](Cc2cccc(O)c2)OCCN1Cc1ccccc1. The van der Waals surface area contributed by atoms with Gasteiger partial charge in [-0.15, -0.1) is 0 Å². The minimum absolute atomic E-state index is 0.0124. The van der Waals surface area contributed by atoms with Crippen LogP contribution in [0.3, 0.4) is 0 Å². The van der Waals surface area contributed by atoms with Crippen LogP contribution in [0.25, 0.3) is 0 Å². The van der Waals surface area contributed by atoms with E-state index in [2.05, 4.69) is 0 Å². The van der Waals surface area contributed by atoms with Gasteiger partial charge in [-0.2, -0.15) is 0 Å². The van der Waals surface area contributed by atoms with Crippen LogP contribution in [-0.2, 0) is 22.5 Å². The molecule has 2 aromatic rings.